The molecule has 10 heteroatoms. The average Bonchev–Trinajstić information content (AvgIpc) is 2.70. The lowest BCUT2D eigenvalue weighted by atomic mass is 10.1. The second-order valence-corrected chi connectivity index (χ2v) is 14.5. The van der Waals surface area contributed by atoms with E-state index < -0.39 is 51.0 Å². The molecule has 2 amide bonds. The van der Waals surface area contributed by atoms with Crippen LogP contribution in [-0.4, -0.2) is 43.2 Å². The number of rotatable bonds is 10. The summed E-state index contributed by atoms with van der Waals surface area (Å²) < 4.78 is 44.6. The van der Waals surface area contributed by atoms with Crippen molar-refractivity contribution in [2.75, 3.05) is 12.4 Å². The van der Waals surface area contributed by atoms with Gasteiger partial charge in [-0.1, -0.05) is 50.0 Å². The third-order valence-electron chi connectivity index (χ3n) is 4.67. The molecule has 0 aliphatic rings. The van der Waals surface area contributed by atoms with Crippen molar-refractivity contribution in [2.24, 2.45) is 0 Å². The normalized spacial score (nSPS) is 12.5. The van der Waals surface area contributed by atoms with Crippen molar-refractivity contribution >= 4 is 45.7 Å². The highest BCUT2D eigenvalue weighted by Crippen LogP contribution is 2.18. The number of halogens is 3. The predicted molar refractivity (Wildman–Crippen MR) is 123 cm³/mol. The summed E-state index contributed by atoms with van der Waals surface area (Å²) in [5, 5.41) is 6.66. The highest BCUT2D eigenvalue weighted by atomic mass is 28.3. The van der Waals surface area contributed by atoms with Gasteiger partial charge in [0.15, 0.2) is 0 Å². The van der Waals surface area contributed by atoms with E-state index >= 15 is 0 Å². The number of hydrogen-bond acceptors (Lipinski definition) is 3. The van der Waals surface area contributed by atoms with Gasteiger partial charge in [-0.15, -0.1) is 0 Å². The Bertz CT molecular complexity index is 935. The van der Waals surface area contributed by atoms with E-state index in [0.29, 0.717) is 10.8 Å². The summed E-state index contributed by atoms with van der Waals surface area (Å²) in [6, 6.07) is 10.2. The summed E-state index contributed by atoms with van der Waals surface area (Å²) in [7, 11) is -0.190. The molecule has 172 valence electrons. The van der Waals surface area contributed by atoms with Crippen molar-refractivity contribution in [1.29, 1.82) is 0 Å². The molecule has 0 heterocycles. The summed E-state index contributed by atoms with van der Waals surface area (Å²) >= 11 is 0. The Morgan fingerprint density at radius 1 is 1.09 bits per heavy atom. The van der Waals surface area contributed by atoms with E-state index in [2.05, 4.69) is 10.6 Å². The molecule has 0 bridgehead atoms. The molecule has 2 aromatic rings. The van der Waals surface area contributed by atoms with Gasteiger partial charge in [0.05, 0.1) is 8.07 Å². The van der Waals surface area contributed by atoms with Crippen LogP contribution in [0.5, 0.6) is 0 Å². The molecule has 2 rings (SSSR count). The number of alkyl halides is 2. The first kappa shape index (κ1) is 25.8. The number of benzene rings is 2. The molecule has 0 spiro atoms. The summed E-state index contributed by atoms with van der Waals surface area (Å²) in [5.41, 5.74) is 0.718. The summed E-state index contributed by atoms with van der Waals surface area (Å²) in [6.45, 7) is 6.05. The van der Waals surface area contributed by atoms with E-state index in [9.17, 15) is 22.8 Å². The van der Waals surface area contributed by atoms with Crippen molar-refractivity contribution in [2.45, 2.75) is 44.9 Å². The molecular formula is C22H27F3N2O3Si2. The van der Waals surface area contributed by atoms with E-state index in [1.165, 1.54) is 6.07 Å². The number of amides is 2. The summed E-state index contributed by atoms with van der Waals surface area (Å²) in [4.78, 5) is 25.1. The monoisotopic (exact) mass is 480 g/mol. The van der Waals surface area contributed by atoms with Crippen LogP contribution in [0.1, 0.15) is 24.4 Å². The fourth-order valence-corrected chi connectivity index (χ4v) is 4.96. The zero-order valence-electron chi connectivity index (χ0n) is 18.5. The standard InChI is InChI=1S/C22H27F3N2O3Si2/c1-30-31-16-8-5-14(6-9-16)21(27-20(28)12-11-19(24)25)22(29)26-15-7-10-18(17(23)13-15)32(2,3)4/h5-10,13,19,21H,11-12H2,1-4H3,(H,26,29)(H,27,28)/t21-/m1/s1. The maximum Gasteiger partial charge on any atom is 0.268 e. The maximum absolute atomic E-state index is 14.6. The quantitative estimate of drug-likeness (QED) is 0.514. The Labute approximate surface area is 189 Å². The molecular weight excluding hydrogens is 453 g/mol. The molecule has 0 fully saturated rings. The molecule has 2 N–H and O–H groups in total. The van der Waals surface area contributed by atoms with Crippen LogP contribution in [-0.2, 0) is 14.0 Å². The predicted octanol–water partition coefficient (Wildman–Crippen LogP) is 3.10. The minimum absolute atomic E-state index is 0.125. The van der Waals surface area contributed by atoms with Crippen LogP contribution in [0.15, 0.2) is 42.5 Å². The lowest BCUT2D eigenvalue weighted by molar-refractivity contribution is -0.127. The first-order chi connectivity index (χ1) is 15.0. The molecule has 5 nitrogen and oxygen atoms in total. The Kier molecular flexibility index (Phi) is 9.23. The van der Waals surface area contributed by atoms with E-state index in [0.717, 1.165) is 5.19 Å². The molecule has 2 radical (unpaired) electrons. The van der Waals surface area contributed by atoms with Crippen molar-refractivity contribution in [3.05, 3.63) is 53.8 Å². The van der Waals surface area contributed by atoms with Crippen LogP contribution >= 0.6 is 0 Å². The molecule has 0 aliphatic heterocycles. The number of hydrogen-bond donors (Lipinski definition) is 2. The van der Waals surface area contributed by atoms with Crippen molar-refractivity contribution in [3.8, 4) is 0 Å². The SMILES string of the molecule is CO[Si]c1ccc([C@@H](NC(=O)CCC(F)F)C(=O)Nc2ccc([Si](C)(C)C)c(F)c2)cc1. The van der Waals surface area contributed by atoms with Gasteiger partial charge in [-0.3, -0.25) is 9.59 Å². The smallest absolute Gasteiger partial charge is 0.268 e. The number of carbonyl (C=O) groups is 2. The fourth-order valence-electron chi connectivity index (χ4n) is 3.05. The van der Waals surface area contributed by atoms with Crippen molar-refractivity contribution < 1.29 is 27.2 Å². The number of carbonyl (C=O) groups excluding carboxylic acids is 2. The third-order valence-corrected chi connectivity index (χ3v) is 7.46. The van der Waals surface area contributed by atoms with E-state index in [-0.39, 0.29) is 15.5 Å². The molecule has 0 saturated carbocycles. The van der Waals surface area contributed by atoms with Gasteiger partial charge in [-0.05, 0) is 28.1 Å². The Hall–Kier alpha value is -2.44. The van der Waals surface area contributed by atoms with Gasteiger partial charge in [-0.2, -0.15) is 0 Å². The number of nitrogens with one attached hydrogen (secondary N) is 2. The van der Waals surface area contributed by atoms with Crippen LogP contribution < -0.4 is 21.0 Å². The van der Waals surface area contributed by atoms with Crippen molar-refractivity contribution in [3.63, 3.8) is 0 Å². The van der Waals surface area contributed by atoms with Crippen LogP contribution in [0.3, 0.4) is 0 Å². The van der Waals surface area contributed by atoms with E-state index in [1.54, 1.807) is 43.5 Å². The van der Waals surface area contributed by atoms with E-state index in [1.807, 2.05) is 19.6 Å². The highest BCUT2D eigenvalue weighted by Gasteiger charge is 2.25. The van der Waals surface area contributed by atoms with Crippen molar-refractivity contribution in [1.82, 2.24) is 5.32 Å². The van der Waals surface area contributed by atoms with Gasteiger partial charge in [0, 0.05) is 25.6 Å². The lowest BCUT2D eigenvalue weighted by Crippen LogP contribution is -2.40. The molecule has 0 aromatic heterocycles. The Balaban J connectivity index is 2.24. The summed E-state index contributed by atoms with van der Waals surface area (Å²) in [6.07, 6.45) is -3.63. The zero-order chi connectivity index (χ0) is 23.9. The second-order valence-electron chi connectivity index (χ2n) is 8.29. The minimum Gasteiger partial charge on any atom is -0.415 e. The first-order valence-corrected chi connectivity index (χ1v) is 14.5. The topological polar surface area (TPSA) is 67.4 Å². The Morgan fingerprint density at radius 3 is 2.28 bits per heavy atom. The van der Waals surface area contributed by atoms with Gasteiger partial charge in [0.2, 0.25) is 12.3 Å². The second kappa shape index (κ2) is 11.4. The van der Waals surface area contributed by atoms with Crippen LogP contribution in [0.25, 0.3) is 0 Å². The molecule has 2 aromatic carbocycles. The fraction of sp³-hybridized carbons (Fsp3) is 0.364. The van der Waals surface area contributed by atoms with Gasteiger partial charge >= 0.3 is 0 Å². The maximum atomic E-state index is 14.6. The average molecular weight is 481 g/mol. The highest BCUT2D eigenvalue weighted by molar-refractivity contribution is 6.88. The molecule has 0 unspecified atom stereocenters. The van der Waals surface area contributed by atoms with E-state index in [4.69, 9.17) is 4.43 Å². The van der Waals surface area contributed by atoms with Gasteiger partial charge in [0.1, 0.15) is 11.9 Å². The molecule has 32 heavy (non-hydrogen) atoms. The summed E-state index contributed by atoms with van der Waals surface area (Å²) in [5.74, 6) is -1.67. The zero-order valence-corrected chi connectivity index (χ0v) is 20.5. The molecule has 1 atom stereocenters. The lowest BCUT2D eigenvalue weighted by Gasteiger charge is -2.21. The van der Waals surface area contributed by atoms with Crippen LogP contribution in [0.2, 0.25) is 19.6 Å². The minimum atomic E-state index is -2.62. The third kappa shape index (κ3) is 7.61. The van der Waals surface area contributed by atoms with Gasteiger partial charge in [-0.25, -0.2) is 13.2 Å². The molecule has 0 saturated heterocycles. The van der Waals surface area contributed by atoms with Crippen LogP contribution in [0.4, 0.5) is 18.9 Å². The number of anilines is 1. The largest absolute Gasteiger partial charge is 0.415 e. The van der Waals surface area contributed by atoms with Crippen LogP contribution in [0, 0.1) is 5.82 Å². The first-order valence-electron chi connectivity index (χ1n) is 10.1. The van der Waals surface area contributed by atoms with Gasteiger partial charge in [0.25, 0.3) is 15.7 Å². The van der Waals surface area contributed by atoms with Gasteiger partial charge < -0.3 is 15.1 Å². The molecule has 0 aliphatic carbocycles. The Morgan fingerprint density at radius 2 is 1.75 bits per heavy atom.